The Balaban J connectivity index is 2.58. The Morgan fingerprint density at radius 3 is 2.47 bits per heavy atom. The number of halogens is 2. The third-order valence-corrected chi connectivity index (χ3v) is 2.60. The van der Waals surface area contributed by atoms with Gasteiger partial charge in [0.15, 0.2) is 11.6 Å². The molecule has 19 heavy (non-hydrogen) atoms. The minimum absolute atomic E-state index is 0.0697. The minimum atomic E-state index is -0.638. The van der Waals surface area contributed by atoms with Crippen molar-refractivity contribution in [1.82, 2.24) is 9.97 Å². The number of benzene rings is 1. The second kappa shape index (κ2) is 5.17. The van der Waals surface area contributed by atoms with Crippen LogP contribution in [0.4, 0.5) is 14.7 Å². The molecule has 0 unspecified atom stereocenters. The maximum absolute atomic E-state index is 13.9. The summed E-state index contributed by atoms with van der Waals surface area (Å²) in [4.78, 5) is 8.21. The predicted octanol–water partition coefficient (Wildman–Crippen LogP) is 2.78. The van der Waals surface area contributed by atoms with Crippen LogP contribution in [0.5, 0.6) is 5.75 Å². The zero-order chi connectivity index (χ0) is 14.0. The molecule has 0 spiro atoms. The van der Waals surface area contributed by atoms with E-state index < -0.39 is 11.6 Å². The molecular weight excluding hydrogens is 252 g/mol. The van der Waals surface area contributed by atoms with Gasteiger partial charge in [-0.25, -0.2) is 18.7 Å². The van der Waals surface area contributed by atoms with Crippen LogP contribution in [0.1, 0.15) is 5.69 Å². The van der Waals surface area contributed by atoms with E-state index in [1.807, 2.05) is 0 Å². The van der Waals surface area contributed by atoms with E-state index in [2.05, 4.69) is 15.3 Å². The highest BCUT2D eigenvalue weighted by molar-refractivity contribution is 5.63. The van der Waals surface area contributed by atoms with Crippen LogP contribution in [-0.4, -0.2) is 24.1 Å². The van der Waals surface area contributed by atoms with Crippen LogP contribution < -0.4 is 10.1 Å². The van der Waals surface area contributed by atoms with Crippen LogP contribution in [0.3, 0.4) is 0 Å². The van der Waals surface area contributed by atoms with Gasteiger partial charge in [0, 0.05) is 24.4 Å². The predicted molar refractivity (Wildman–Crippen MR) is 68.2 cm³/mol. The number of rotatable bonds is 3. The third-order valence-electron chi connectivity index (χ3n) is 2.60. The number of aryl methyl sites for hydroxylation is 1. The van der Waals surface area contributed by atoms with E-state index in [-0.39, 0.29) is 11.3 Å². The van der Waals surface area contributed by atoms with Gasteiger partial charge in [-0.05, 0) is 19.1 Å². The molecule has 1 aromatic carbocycles. The van der Waals surface area contributed by atoms with Crippen molar-refractivity contribution in [3.8, 4) is 17.0 Å². The van der Waals surface area contributed by atoms with E-state index in [0.29, 0.717) is 17.3 Å². The van der Waals surface area contributed by atoms with Gasteiger partial charge in [-0.15, -0.1) is 0 Å². The summed E-state index contributed by atoms with van der Waals surface area (Å²) in [6.45, 7) is 1.75. The molecule has 0 bridgehead atoms. The van der Waals surface area contributed by atoms with E-state index in [0.717, 1.165) is 12.1 Å². The van der Waals surface area contributed by atoms with Crippen molar-refractivity contribution in [2.45, 2.75) is 6.92 Å². The highest BCUT2D eigenvalue weighted by Crippen LogP contribution is 2.28. The Morgan fingerprint density at radius 1 is 1.11 bits per heavy atom. The van der Waals surface area contributed by atoms with Crippen LogP contribution in [-0.2, 0) is 0 Å². The van der Waals surface area contributed by atoms with Crippen molar-refractivity contribution in [3.05, 3.63) is 35.5 Å². The zero-order valence-corrected chi connectivity index (χ0v) is 10.8. The number of nitrogens with one attached hydrogen (secondary N) is 1. The molecular formula is C13H13F2N3O. The maximum Gasteiger partial charge on any atom is 0.223 e. The highest BCUT2D eigenvalue weighted by atomic mass is 19.1. The zero-order valence-electron chi connectivity index (χ0n) is 10.8. The molecule has 0 aliphatic rings. The molecule has 1 aromatic heterocycles. The van der Waals surface area contributed by atoms with Crippen LogP contribution >= 0.6 is 0 Å². The number of hydrogen-bond donors (Lipinski definition) is 1. The lowest BCUT2D eigenvalue weighted by Crippen LogP contribution is -2.01. The van der Waals surface area contributed by atoms with Gasteiger partial charge in [-0.1, -0.05) is 0 Å². The lowest BCUT2D eigenvalue weighted by atomic mass is 10.1. The number of hydrogen-bond acceptors (Lipinski definition) is 4. The first-order valence-corrected chi connectivity index (χ1v) is 5.62. The van der Waals surface area contributed by atoms with E-state index in [1.165, 1.54) is 7.11 Å². The largest absolute Gasteiger partial charge is 0.494 e. The molecule has 0 fully saturated rings. The quantitative estimate of drug-likeness (QED) is 0.927. The summed E-state index contributed by atoms with van der Waals surface area (Å²) >= 11 is 0. The van der Waals surface area contributed by atoms with E-state index in [9.17, 15) is 8.78 Å². The van der Waals surface area contributed by atoms with Crippen LogP contribution in [0.25, 0.3) is 11.3 Å². The second-order valence-corrected chi connectivity index (χ2v) is 3.93. The Hall–Kier alpha value is -2.24. The van der Waals surface area contributed by atoms with Crippen molar-refractivity contribution < 1.29 is 13.5 Å². The van der Waals surface area contributed by atoms with Crippen molar-refractivity contribution >= 4 is 5.95 Å². The van der Waals surface area contributed by atoms with Gasteiger partial charge >= 0.3 is 0 Å². The molecule has 100 valence electrons. The van der Waals surface area contributed by atoms with Gasteiger partial charge in [0.1, 0.15) is 5.82 Å². The standard InChI is InChI=1S/C13H13F2N3O/c1-7-4-11(18-13(16-2)17-7)8-5-10(15)12(19-3)6-9(8)14/h4-6H,1-3H3,(H,16,17,18). The monoisotopic (exact) mass is 265 g/mol. The van der Waals surface area contributed by atoms with E-state index in [1.54, 1.807) is 20.0 Å². The lowest BCUT2D eigenvalue weighted by Gasteiger charge is -2.08. The van der Waals surface area contributed by atoms with Crippen molar-refractivity contribution in [3.63, 3.8) is 0 Å². The minimum Gasteiger partial charge on any atom is -0.494 e. The molecule has 2 rings (SSSR count). The Bertz CT molecular complexity index is 617. The van der Waals surface area contributed by atoms with Gasteiger partial charge in [-0.2, -0.15) is 0 Å². The van der Waals surface area contributed by atoms with E-state index >= 15 is 0 Å². The molecule has 0 aliphatic heterocycles. The fourth-order valence-corrected chi connectivity index (χ4v) is 1.70. The molecule has 0 aliphatic carbocycles. The number of aromatic nitrogens is 2. The van der Waals surface area contributed by atoms with Crippen LogP contribution in [0.2, 0.25) is 0 Å². The van der Waals surface area contributed by atoms with Crippen LogP contribution in [0.15, 0.2) is 18.2 Å². The first-order valence-electron chi connectivity index (χ1n) is 5.62. The topological polar surface area (TPSA) is 47.0 Å². The normalized spacial score (nSPS) is 10.4. The molecule has 0 atom stereocenters. The third kappa shape index (κ3) is 2.62. The summed E-state index contributed by atoms with van der Waals surface area (Å²) in [6.07, 6.45) is 0. The SMILES string of the molecule is CNc1nc(C)cc(-c2cc(F)c(OC)cc2F)n1. The Labute approximate surface area is 109 Å². The number of methoxy groups -OCH3 is 1. The Kier molecular flexibility index (Phi) is 3.59. The molecule has 1 heterocycles. The number of nitrogens with zero attached hydrogens (tertiary/aromatic N) is 2. The summed E-state index contributed by atoms with van der Waals surface area (Å²) in [7, 11) is 2.94. The van der Waals surface area contributed by atoms with Gasteiger partial charge in [0.25, 0.3) is 0 Å². The van der Waals surface area contributed by atoms with Gasteiger partial charge < -0.3 is 10.1 Å². The molecule has 4 nitrogen and oxygen atoms in total. The molecule has 0 radical (unpaired) electrons. The summed E-state index contributed by atoms with van der Waals surface area (Å²) in [5.41, 5.74) is 1.04. The van der Waals surface area contributed by atoms with Gasteiger partial charge in [0.05, 0.1) is 12.8 Å². The van der Waals surface area contributed by atoms with Gasteiger partial charge in [-0.3, -0.25) is 0 Å². The van der Waals surface area contributed by atoms with Crippen molar-refractivity contribution in [2.75, 3.05) is 19.5 Å². The summed E-state index contributed by atoms with van der Waals surface area (Å²) < 4.78 is 32.3. The molecule has 0 saturated heterocycles. The fourth-order valence-electron chi connectivity index (χ4n) is 1.70. The molecule has 0 saturated carbocycles. The highest BCUT2D eigenvalue weighted by Gasteiger charge is 2.14. The summed E-state index contributed by atoms with van der Waals surface area (Å²) in [6, 6.07) is 3.65. The molecule has 1 N–H and O–H groups in total. The summed E-state index contributed by atoms with van der Waals surface area (Å²) in [5, 5.41) is 2.77. The average molecular weight is 265 g/mol. The van der Waals surface area contributed by atoms with Gasteiger partial charge in [0.2, 0.25) is 5.95 Å². The Morgan fingerprint density at radius 2 is 1.84 bits per heavy atom. The van der Waals surface area contributed by atoms with Crippen molar-refractivity contribution in [1.29, 1.82) is 0 Å². The molecule has 6 heteroatoms. The maximum atomic E-state index is 13.9. The fraction of sp³-hybridized carbons (Fsp3) is 0.231. The smallest absolute Gasteiger partial charge is 0.223 e. The van der Waals surface area contributed by atoms with E-state index in [4.69, 9.17) is 4.74 Å². The number of ether oxygens (including phenoxy) is 1. The van der Waals surface area contributed by atoms with Crippen molar-refractivity contribution in [2.24, 2.45) is 0 Å². The lowest BCUT2D eigenvalue weighted by molar-refractivity contribution is 0.383. The first kappa shape index (κ1) is 13.2. The number of anilines is 1. The molecule has 2 aromatic rings. The average Bonchev–Trinajstić information content (AvgIpc) is 2.40. The summed E-state index contributed by atoms with van der Waals surface area (Å²) in [5.74, 6) is -1.02. The first-order chi connectivity index (χ1) is 9.05. The van der Waals surface area contributed by atoms with Crippen LogP contribution in [0, 0.1) is 18.6 Å². The second-order valence-electron chi connectivity index (χ2n) is 3.93. The molecule has 0 amide bonds.